The van der Waals surface area contributed by atoms with Crippen molar-refractivity contribution in [1.29, 1.82) is 0 Å². The number of carbonyl (C=O) groups excluding carboxylic acids is 8. The fourth-order valence-corrected chi connectivity index (χ4v) is 4.01. The van der Waals surface area contributed by atoms with Gasteiger partial charge in [-0.15, -0.1) is 0 Å². The molecule has 0 unspecified atom stereocenters. The van der Waals surface area contributed by atoms with E-state index in [-0.39, 0.29) is 25.2 Å². The summed E-state index contributed by atoms with van der Waals surface area (Å²) >= 11 is 0. The highest BCUT2D eigenvalue weighted by atomic mass is 19.1. The highest BCUT2D eigenvalue weighted by Crippen LogP contribution is 2.09. The Kier molecular flexibility index (Phi) is 17.4. The lowest BCUT2D eigenvalue weighted by atomic mass is 10.0. The van der Waals surface area contributed by atoms with E-state index < -0.39 is 97.6 Å². The number of ketones is 2. The average molecular weight is 653 g/mol. The molecule has 0 heterocycles. The Bertz CT molecular complexity index is 1230. The van der Waals surface area contributed by atoms with Gasteiger partial charge in [0.15, 0.2) is 17.9 Å². The van der Waals surface area contributed by atoms with Crippen LogP contribution in [0.5, 0.6) is 0 Å². The first kappa shape index (κ1) is 39.3. The van der Waals surface area contributed by atoms with Gasteiger partial charge >= 0.3 is 12.1 Å². The minimum atomic E-state index is -1.78. The molecule has 46 heavy (non-hydrogen) atoms. The van der Waals surface area contributed by atoms with Crippen molar-refractivity contribution in [3.8, 4) is 0 Å². The molecule has 1 aromatic carbocycles. The maximum atomic E-state index is 13.3. The number of methoxy groups -OCH3 is 1. The molecule has 1 rings (SSSR count). The molecule has 5 atom stereocenters. The fourth-order valence-electron chi connectivity index (χ4n) is 4.01. The third-order valence-corrected chi connectivity index (χ3v) is 6.47. The summed E-state index contributed by atoms with van der Waals surface area (Å²) < 4.78 is 22.7. The van der Waals surface area contributed by atoms with Gasteiger partial charge < -0.3 is 35.8 Å². The minimum absolute atomic E-state index is 0.0258. The molecule has 0 fully saturated rings. The molecule has 0 radical (unpaired) electrons. The number of esters is 1. The van der Waals surface area contributed by atoms with Crippen molar-refractivity contribution in [3.05, 3.63) is 35.9 Å². The van der Waals surface area contributed by atoms with Crippen molar-refractivity contribution in [1.82, 2.24) is 21.3 Å². The topological polar surface area (TPSA) is 223 Å². The monoisotopic (exact) mass is 652 g/mol. The number of nitrogens with one attached hydrogen (secondary N) is 4. The Balaban J connectivity index is 3.13. The largest absolute Gasteiger partial charge is 0.469 e. The number of aldehydes is 1. The van der Waals surface area contributed by atoms with E-state index in [4.69, 9.17) is 4.74 Å². The molecule has 15 nitrogen and oxygen atoms in total. The zero-order valence-corrected chi connectivity index (χ0v) is 26.1. The van der Waals surface area contributed by atoms with Gasteiger partial charge in [-0.3, -0.25) is 33.6 Å². The van der Waals surface area contributed by atoms with E-state index >= 15 is 0 Å². The van der Waals surface area contributed by atoms with Crippen LogP contribution in [0, 0.1) is 5.92 Å². The van der Waals surface area contributed by atoms with Gasteiger partial charge in [0.05, 0.1) is 19.6 Å². The van der Waals surface area contributed by atoms with Crippen LogP contribution in [0.3, 0.4) is 0 Å². The predicted octanol–water partition coefficient (Wildman–Crippen LogP) is -0.187. The van der Waals surface area contributed by atoms with Gasteiger partial charge in [0.25, 0.3) is 0 Å². The quantitative estimate of drug-likeness (QED) is 0.0705. The summed E-state index contributed by atoms with van der Waals surface area (Å²) in [7, 11) is 1.01. The molecule has 0 saturated heterocycles. The van der Waals surface area contributed by atoms with Crippen LogP contribution >= 0.6 is 0 Å². The number of hydrogen-bond acceptors (Lipinski definition) is 11. The number of hydrogen-bond donors (Lipinski definition) is 5. The van der Waals surface area contributed by atoms with Crippen LogP contribution in [-0.2, 0) is 49.6 Å². The molecule has 0 bridgehead atoms. The zero-order chi connectivity index (χ0) is 34.8. The number of carbonyl (C=O) groups is 8. The minimum Gasteiger partial charge on any atom is -0.469 e. The summed E-state index contributed by atoms with van der Waals surface area (Å²) in [5.74, 6) is -6.23. The lowest BCUT2D eigenvalue weighted by Gasteiger charge is -2.27. The number of halogens is 1. The number of ether oxygens (including phenoxy) is 2. The summed E-state index contributed by atoms with van der Waals surface area (Å²) in [5, 5.41) is 19.4. The first-order chi connectivity index (χ1) is 21.7. The molecule has 0 spiro atoms. The van der Waals surface area contributed by atoms with Gasteiger partial charge in [0.2, 0.25) is 17.7 Å². The van der Waals surface area contributed by atoms with E-state index in [0.29, 0.717) is 5.56 Å². The molecule has 254 valence electrons. The number of benzene rings is 1. The number of alkyl halides is 1. The number of Topliss-reactive ketones (excluding diaryl/α,β-unsaturated/α-hetero) is 2. The van der Waals surface area contributed by atoms with Crippen LogP contribution in [0.2, 0.25) is 0 Å². The highest BCUT2D eigenvalue weighted by molar-refractivity contribution is 6.24. The van der Waals surface area contributed by atoms with Crippen molar-refractivity contribution in [3.63, 3.8) is 0 Å². The standard InChI is InChI=1S/C30H41FN4O11/c1-17(2)12-23(34-30(44)46-16-19-8-6-5-7-9-19)28(42)32-21(11-10-20(38)15-36)27(41)35-26(18(3)37)29(43)33-22(24(39)14-31)13-25(40)45-4/h5-9,15,17-18,21-23,26,37H,10-14,16H2,1-4H3,(H,32,42)(H,33,43)(H,34,44)(H,35,41)/t18-,21+,22+,23+,26+/m1/s1. The van der Waals surface area contributed by atoms with Crippen molar-refractivity contribution < 1.29 is 57.3 Å². The summed E-state index contributed by atoms with van der Waals surface area (Å²) in [4.78, 5) is 98.2. The molecule has 0 saturated carbocycles. The Labute approximate surface area is 265 Å². The maximum Gasteiger partial charge on any atom is 0.408 e. The van der Waals surface area contributed by atoms with Crippen LogP contribution in [0.1, 0.15) is 52.0 Å². The molecule has 5 N–H and O–H groups in total. The van der Waals surface area contributed by atoms with Crippen molar-refractivity contribution >= 4 is 47.6 Å². The maximum absolute atomic E-state index is 13.3. The average Bonchev–Trinajstić information content (AvgIpc) is 3.02. The van der Waals surface area contributed by atoms with Gasteiger partial charge in [0, 0.05) is 6.42 Å². The van der Waals surface area contributed by atoms with Crippen molar-refractivity contribution in [2.75, 3.05) is 13.8 Å². The third kappa shape index (κ3) is 14.4. The lowest BCUT2D eigenvalue weighted by Crippen LogP contribution is -2.60. The molecule has 16 heteroatoms. The highest BCUT2D eigenvalue weighted by Gasteiger charge is 2.34. The smallest absolute Gasteiger partial charge is 0.408 e. The molecular weight excluding hydrogens is 611 g/mol. The van der Waals surface area contributed by atoms with Gasteiger partial charge in [0.1, 0.15) is 37.4 Å². The summed E-state index contributed by atoms with van der Waals surface area (Å²) in [5.41, 5.74) is 0.696. The first-order valence-corrected chi connectivity index (χ1v) is 14.4. The van der Waals surface area contributed by atoms with E-state index in [2.05, 4.69) is 26.0 Å². The van der Waals surface area contributed by atoms with Crippen molar-refractivity contribution in [2.24, 2.45) is 5.92 Å². The van der Waals surface area contributed by atoms with Crippen LogP contribution < -0.4 is 21.3 Å². The molecule has 0 aromatic heterocycles. The van der Waals surface area contributed by atoms with Crippen LogP contribution in [0.25, 0.3) is 0 Å². The van der Waals surface area contributed by atoms with E-state index in [1.54, 1.807) is 44.2 Å². The molecular formula is C30H41FN4O11. The summed E-state index contributed by atoms with van der Waals surface area (Å²) in [6, 6.07) is 2.54. The number of aliphatic hydroxyl groups excluding tert-OH is 1. The normalized spacial score (nSPS) is 14.0. The predicted molar refractivity (Wildman–Crippen MR) is 158 cm³/mol. The molecule has 0 aliphatic heterocycles. The number of aliphatic hydroxyl groups is 1. The Morgan fingerprint density at radius 3 is 2.02 bits per heavy atom. The van der Waals surface area contributed by atoms with Gasteiger partial charge in [-0.2, -0.15) is 0 Å². The van der Waals surface area contributed by atoms with Gasteiger partial charge in [-0.05, 0) is 31.2 Å². The molecule has 4 amide bonds. The van der Waals surface area contributed by atoms with E-state index in [9.17, 15) is 47.9 Å². The lowest BCUT2D eigenvalue weighted by molar-refractivity contribution is -0.144. The summed E-state index contributed by atoms with van der Waals surface area (Å²) in [6.07, 6.45) is -4.02. The van der Waals surface area contributed by atoms with Crippen LogP contribution in [-0.4, -0.2) is 96.8 Å². The second-order valence-electron chi connectivity index (χ2n) is 10.7. The SMILES string of the molecule is COC(=O)C[C@H](NC(=O)[C@@H](NC(=O)[C@H](CCC(=O)C=O)NC(=O)[C@H](CC(C)C)NC(=O)OCc1ccccc1)[C@@H](C)O)C(=O)CF. The number of alkyl carbamates (subject to hydrolysis) is 1. The van der Waals surface area contributed by atoms with Crippen LogP contribution in [0.4, 0.5) is 9.18 Å². The second-order valence-corrected chi connectivity index (χ2v) is 10.7. The van der Waals surface area contributed by atoms with E-state index in [1.165, 1.54) is 0 Å². The Morgan fingerprint density at radius 1 is 0.870 bits per heavy atom. The van der Waals surface area contributed by atoms with Gasteiger partial charge in [-0.25, -0.2) is 9.18 Å². The van der Waals surface area contributed by atoms with E-state index in [0.717, 1.165) is 14.0 Å². The molecule has 0 aliphatic carbocycles. The van der Waals surface area contributed by atoms with Crippen LogP contribution in [0.15, 0.2) is 30.3 Å². The van der Waals surface area contributed by atoms with Crippen molar-refractivity contribution in [2.45, 2.75) is 83.3 Å². The number of rotatable bonds is 20. The van der Waals surface area contributed by atoms with Gasteiger partial charge in [-0.1, -0.05) is 44.2 Å². The number of amides is 4. The second kappa shape index (κ2) is 20.3. The third-order valence-electron chi connectivity index (χ3n) is 6.47. The zero-order valence-electron chi connectivity index (χ0n) is 26.1. The molecule has 1 aromatic rings. The fraction of sp³-hybridized carbons (Fsp3) is 0.533. The van der Waals surface area contributed by atoms with E-state index in [1.807, 2.05) is 0 Å². The first-order valence-electron chi connectivity index (χ1n) is 14.4. The Hall–Kier alpha value is -4.73. The Morgan fingerprint density at radius 2 is 1.48 bits per heavy atom. The molecule has 0 aliphatic rings. The summed E-state index contributed by atoms with van der Waals surface area (Å²) in [6.45, 7) is 3.05.